The number of pyridine rings is 1. The molecule has 4 aromatic rings. The topological polar surface area (TPSA) is 114 Å². The van der Waals surface area contributed by atoms with Gasteiger partial charge in [-0.25, -0.2) is 13.1 Å². The maximum Gasteiger partial charge on any atom is 0.264 e. The average molecular weight is 522 g/mol. The number of carbonyl (C=O) groups excluding carboxylic acids is 2. The van der Waals surface area contributed by atoms with Gasteiger partial charge < -0.3 is 5.32 Å². The minimum Gasteiger partial charge on any atom is -0.336 e. The van der Waals surface area contributed by atoms with Crippen LogP contribution in [-0.4, -0.2) is 24.8 Å². The van der Waals surface area contributed by atoms with E-state index < -0.39 is 27.9 Å². The van der Waals surface area contributed by atoms with Gasteiger partial charge in [0.05, 0.1) is 4.90 Å². The summed E-state index contributed by atoms with van der Waals surface area (Å²) in [5.41, 5.74) is 0.945. The lowest BCUT2D eigenvalue weighted by atomic mass is 10.1. The van der Waals surface area contributed by atoms with Crippen molar-refractivity contribution < 1.29 is 18.0 Å². The van der Waals surface area contributed by atoms with Gasteiger partial charge in [0.2, 0.25) is 0 Å². The van der Waals surface area contributed by atoms with Crippen molar-refractivity contribution in [3.63, 3.8) is 0 Å². The highest BCUT2D eigenvalue weighted by atomic mass is 35.5. The van der Waals surface area contributed by atoms with Gasteiger partial charge in [-0.15, -0.1) is 0 Å². The van der Waals surface area contributed by atoms with E-state index in [-0.39, 0.29) is 16.0 Å². The van der Waals surface area contributed by atoms with E-state index >= 15 is 0 Å². The molecule has 1 aromatic heterocycles. The van der Waals surface area contributed by atoms with Crippen molar-refractivity contribution >= 4 is 33.4 Å². The fraction of sp³-hybridized carbons (Fsp3) is 0.0385. The predicted octanol–water partition coefficient (Wildman–Crippen LogP) is 3.47. The van der Waals surface area contributed by atoms with Gasteiger partial charge in [0, 0.05) is 28.5 Å². The molecule has 3 aromatic carbocycles. The molecular weight excluding hydrogens is 502 g/mol. The number of nitrogens with one attached hydrogen (secondary N) is 2. The van der Waals surface area contributed by atoms with Crippen LogP contribution in [0.2, 0.25) is 5.02 Å². The number of aromatic nitrogens is 1. The van der Waals surface area contributed by atoms with Crippen molar-refractivity contribution in [1.82, 2.24) is 14.6 Å². The summed E-state index contributed by atoms with van der Waals surface area (Å²) in [5, 5.41) is 2.94. The van der Waals surface area contributed by atoms with Crippen LogP contribution in [0.5, 0.6) is 0 Å². The third kappa shape index (κ3) is 5.70. The lowest BCUT2D eigenvalue weighted by molar-refractivity contribution is -0.121. The predicted molar refractivity (Wildman–Crippen MR) is 135 cm³/mol. The fourth-order valence-electron chi connectivity index (χ4n) is 3.44. The second kappa shape index (κ2) is 10.6. The number of benzene rings is 3. The van der Waals surface area contributed by atoms with E-state index in [4.69, 9.17) is 11.6 Å². The zero-order valence-electron chi connectivity index (χ0n) is 18.7. The SMILES string of the molecule is O=C(NC(C(=O)NS(=O)(=O)c1ccc(Cl)cc1)c1ccccc1)c1ccc(-n2ccccc2=O)cc1. The highest BCUT2D eigenvalue weighted by molar-refractivity contribution is 7.90. The second-order valence-corrected chi connectivity index (χ2v) is 9.82. The third-order valence-corrected chi connectivity index (χ3v) is 6.87. The molecule has 0 saturated carbocycles. The lowest BCUT2D eigenvalue weighted by Gasteiger charge is -2.19. The number of hydrogen-bond acceptors (Lipinski definition) is 5. The van der Waals surface area contributed by atoms with Gasteiger partial charge in [-0.3, -0.25) is 19.0 Å². The van der Waals surface area contributed by atoms with Gasteiger partial charge in [-0.05, 0) is 60.2 Å². The van der Waals surface area contributed by atoms with E-state index in [2.05, 4.69) is 5.32 Å². The van der Waals surface area contributed by atoms with Crippen LogP contribution in [0.3, 0.4) is 0 Å². The minimum absolute atomic E-state index is 0.148. The molecule has 1 heterocycles. The van der Waals surface area contributed by atoms with Crippen molar-refractivity contribution in [2.24, 2.45) is 0 Å². The average Bonchev–Trinajstić information content (AvgIpc) is 2.88. The molecule has 0 spiro atoms. The first-order chi connectivity index (χ1) is 17.2. The quantitative estimate of drug-likeness (QED) is 0.386. The van der Waals surface area contributed by atoms with Gasteiger partial charge in [-0.1, -0.05) is 48.0 Å². The second-order valence-electron chi connectivity index (χ2n) is 7.70. The number of rotatable bonds is 7. The van der Waals surface area contributed by atoms with Crippen molar-refractivity contribution in [3.8, 4) is 5.69 Å². The van der Waals surface area contributed by atoms with Crippen molar-refractivity contribution in [3.05, 3.63) is 130 Å². The summed E-state index contributed by atoms with van der Waals surface area (Å²) < 4.78 is 28.9. The molecule has 4 rings (SSSR count). The Labute approximate surface area is 212 Å². The molecule has 1 atom stereocenters. The Morgan fingerprint density at radius 1 is 0.806 bits per heavy atom. The largest absolute Gasteiger partial charge is 0.336 e. The Morgan fingerprint density at radius 2 is 1.44 bits per heavy atom. The summed E-state index contributed by atoms with van der Waals surface area (Å²) in [6.45, 7) is 0. The first-order valence-corrected chi connectivity index (χ1v) is 12.6. The van der Waals surface area contributed by atoms with Gasteiger partial charge in [0.25, 0.3) is 27.4 Å². The summed E-state index contributed by atoms with van der Waals surface area (Å²) in [6, 6.07) is 23.3. The molecule has 2 N–H and O–H groups in total. The van der Waals surface area contributed by atoms with Gasteiger partial charge in [-0.2, -0.15) is 0 Å². The van der Waals surface area contributed by atoms with E-state index in [0.717, 1.165) is 0 Å². The monoisotopic (exact) mass is 521 g/mol. The van der Waals surface area contributed by atoms with E-state index in [1.54, 1.807) is 60.8 Å². The van der Waals surface area contributed by atoms with E-state index in [0.29, 0.717) is 16.3 Å². The Balaban J connectivity index is 1.57. The number of hydrogen-bond donors (Lipinski definition) is 2. The summed E-state index contributed by atoms with van der Waals surface area (Å²) >= 11 is 5.82. The van der Waals surface area contributed by atoms with Crippen LogP contribution in [0.1, 0.15) is 22.0 Å². The van der Waals surface area contributed by atoms with Crippen LogP contribution in [0.25, 0.3) is 5.69 Å². The molecule has 2 amide bonds. The molecule has 0 aliphatic carbocycles. The number of carbonyl (C=O) groups is 2. The van der Waals surface area contributed by atoms with Crippen molar-refractivity contribution in [1.29, 1.82) is 0 Å². The zero-order valence-corrected chi connectivity index (χ0v) is 20.2. The van der Waals surface area contributed by atoms with E-state index in [1.807, 2.05) is 4.72 Å². The van der Waals surface area contributed by atoms with Crippen LogP contribution < -0.4 is 15.6 Å². The Kier molecular flexibility index (Phi) is 7.33. The molecule has 182 valence electrons. The highest BCUT2D eigenvalue weighted by Gasteiger charge is 2.28. The summed E-state index contributed by atoms with van der Waals surface area (Å²) in [5.74, 6) is -1.54. The first-order valence-electron chi connectivity index (χ1n) is 10.7. The normalized spacial score (nSPS) is 11.9. The standard InChI is InChI=1S/C26H20ClN3O5S/c27-20-11-15-22(16-12-20)36(34,35)29-26(33)24(18-6-2-1-3-7-18)28-25(32)19-9-13-21(14-10-19)30-17-5-4-8-23(30)31/h1-17,24H,(H,28,32)(H,29,33). The summed E-state index contributed by atoms with van der Waals surface area (Å²) in [7, 11) is -4.21. The molecule has 8 nitrogen and oxygen atoms in total. The van der Waals surface area contributed by atoms with Crippen LogP contribution in [-0.2, 0) is 14.8 Å². The zero-order chi connectivity index (χ0) is 25.7. The van der Waals surface area contributed by atoms with Crippen LogP contribution in [0.4, 0.5) is 0 Å². The molecule has 0 aliphatic rings. The molecule has 10 heteroatoms. The van der Waals surface area contributed by atoms with Crippen LogP contribution in [0, 0.1) is 0 Å². The molecule has 0 aliphatic heterocycles. The van der Waals surface area contributed by atoms with Crippen LogP contribution >= 0.6 is 11.6 Å². The minimum atomic E-state index is -4.21. The number of amides is 2. The highest BCUT2D eigenvalue weighted by Crippen LogP contribution is 2.18. The molecule has 0 saturated heterocycles. The number of halogens is 1. The Bertz CT molecular complexity index is 1550. The molecule has 1 unspecified atom stereocenters. The maximum absolute atomic E-state index is 13.1. The third-order valence-electron chi connectivity index (χ3n) is 5.26. The van der Waals surface area contributed by atoms with Gasteiger partial charge in [0.15, 0.2) is 0 Å². The van der Waals surface area contributed by atoms with Crippen LogP contribution in [0.15, 0.2) is 113 Å². The Hall–Kier alpha value is -4.21. The molecule has 0 bridgehead atoms. The number of nitrogens with zero attached hydrogens (tertiary/aromatic N) is 1. The van der Waals surface area contributed by atoms with Crippen molar-refractivity contribution in [2.75, 3.05) is 0 Å². The molecule has 0 fully saturated rings. The maximum atomic E-state index is 13.1. The smallest absolute Gasteiger partial charge is 0.264 e. The Morgan fingerprint density at radius 3 is 2.08 bits per heavy atom. The molecule has 36 heavy (non-hydrogen) atoms. The summed E-state index contributed by atoms with van der Waals surface area (Å²) in [4.78, 5) is 38.0. The first kappa shape index (κ1) is 24.9. The molecular formula is C26H20ClN3O5S. The fourth-order valence-corrected chi connectivity index (χ4v) is 4.56. The van der Waals surface area contributed by atoms with E-state index in [9.17, 15) is 22.8 Å². The van der Waals surface area contributed by atoms with E-state index in [1.165, 1.54) is 47.0 Å². The van der Waals surface area contributed by atoms with Gasteiger partial charge in [0.1, 0.15) is 6.04 Å². The number of sulfonamides is 1. The lowest BCUT2D eigenvalue weighted by Crippen LogP contribution is -2.42. The molecule has 0 radical (unpaired) electrons. The van der Waals surface area contributed by atoms with Crippen molar-refractivity contribution in [2.45, 2.75) is 10.9 Å². The summed E-state index contributed by atoms with van der Waals surface area (Å²) in [6.07, 6.45) is 1.61. The van der Waals surface area contributed by atoms with Gasteiger partial charge >= 0.3 is 0 Å².